The number of phosphoric acid groups is 1. The van der Waals surface area contributed by atoms with Gasteiger partial charge in [0, 0.05) is 12.8 Å². The van der Waals surface area contributed by atoms with Crippen LogP contribution in [-0.4, -0.2) is 74.9 Å². The van der Waals surface area contributed by atoms with Crippen LogP contribution in [0.5, 0.6) is 0 Å². The van der Waals surface area contributed by atoms with Crippen LogP contribution in [0.3, 0.4) is 0 Å². The molecule has 0 aromatic heterocycles. The number of unbranched alkanes of at least 4 members (excludes halogenated alkanes) is 59. The maximum atomic E-state index is 12.9. The van der Waals surface area contributed by atoms with Crippen molar-refractivity contribution >= 4 is 19.8 Å². The number of carbonyl (C=O) groups is 2. The molecule has 0 aliphatic heterocycles. The molecule has 0 amide bonds. The summed E-state index contributed by atoms with van der Waals surface area (Å²) in [6.07, 6.45) is 93.4. The van der Waals surface area contributed by atoms with Crippen molar-refractivity contribution in [2.75, 3.05) is 47.5 Å². The van der Waals surface area contributed by atoms with Crippen LogP contribution in [0.4, 0.5) is 0 Å². The van der Waals surface area contributed by atoms with Crippen molar-refractivity contribution in [3.63, 3.8) is 0 Å². The molecular weight excluding hydrogens is 1150 g/mol. The fourth-order valence-electron chi connectivity index (χ4n) is 12.5. The minimum absolute atomic E-state index is 0.0353. The molecule has 0 aliphatic carbocycles. The monoisotopic (exact) mass is 1310 g/mol. The van der Waals surface area contributed by atoms with E-state index in [1.54, 1.807) is 0 Å². The normalized spacial score (nSPS) is 13.1. The van der Waals surface area contributed by atoms with Crippen LogP contribution in [-0.2, 0) is 32.7 Å². The molecule has 0 rings (SSSR count). The van der Waals surface area contributed by atoms with Gasteiger partial charge in [0.2, 0.25) is 0 Å². The van der Waals surface area contributed by atoms with E-state index in [1.165, 1.54) is 360 Å². The quantitative estimate of drug-likeness (QED) is 0.0211. The average Bonchev–Trinajstić information content (AvgIpc) is 3.74. The molecule has 0 bridgehead atoms. The molecule has 0 heterocycles. The molecule has 0 aliphatic rings. The summed E-state index contributed by atoms with van der Waals surface area (Å²) in [6.45, 7) is 4.51. The third kappa shape index (κ3) is 77.4. The molecule has 0 aromatic carbocycles. The Morgan fingerprint density at radius 3 is 0.868 bits per heavy atom. The van der Waals surface area contributed by atoms with E-state index in [2.05, 4.69) is 38.2 Å². The number of quaternary nitrogens is 1. The Hall–Kier alpha value is -1.51. The fraction of sp³-hybridized carbons (Fsp3) is 0.926. The van der Waals surface area contributed by atoms with Gasteiger partial charge in [-0.2, -0.15) is 0 Å². The smallest absolute Gasteiger partial charge is 0.462 e. The maximum Gasteiger partial charge on any atom is 0.472 e. The summed E-state index contributed by atoms with van der Waals surface area (Å²) in [4.78, 5) is 36.0. The minimum Gasteiger partial charge on any atom is -0.462 e. The molecular formula is C81H159NO8P+. The van der Waals surface area contributed by atoms with E-state index in [9.17, 15) is 19.0 Å². The summed E-state index contributed by atoms with van der Waals surface area (Å²) >= 11 is 0. The highest BCUT2D eigenvalue weighted by Crippen LogP contribution is 2.43. The van der Waals surface area contributed by atoms with E-state index in [0.29, 0.717) is 23.9 Å². The van der Waals surface area contributed by atoms with Crippen LogP contribution in [0, 0.1) is 0 Å². The molecule has 10 heteroatoms. The predicted octanol–water partition coefficient (Wildman–Crippen LogP) is 26.8. The summed E-state index contributed by atoms with van der Waals surface area (Å²) in [6, 6.07) is 0. The molecule has 0 spiro atoms. The van der Waals surface area contributed by atoms with Crippen molar-refractivity contribution in [3.05, 3.63) is 24.3 Å². The molecule has 2 unspecified atom stereocenters. The molecule has 0 fully saturated rings. The number of likely N-dealkylation sites (N-methyl/N-ethyl adjacent to an activating group) is 1. The first kappa shape index (κ1) is 89.5. The van der Waals surface area contributed by atoms with Gasteiger partial charge in [-0.3, -0.25) is 18.6 Å². The van der Waals surface area contributed by atoms with Crippen LogP contribution in [0.25, 0.3) is 0 Å². The first-order valence-electron chi connectivity index (χ1n) is 40.6. The summed E-state index contributed by atoms with van der Waals surface area (Å²) in [5.74, 6) is -0.772. The van der Waals surface area contributed by atoms with Crippen molar-refractivity contribution in [3.8, 4) is 0 Å². The van der Waals surface area contributed by atoms with Gasteiger partial charge in [0.05, 0.1) is 27.7 Å². The number of esters is 2. The summed E-state index contributed by atoms with van der Waals surface area (Å²) in [7, 11) is 1.50. The number of carbonyl (C=O) groups excluding carboxylic acids is 2. The Bertz CT molecular complexity index is 1580. The van der Waals surface area contributed by atoms with Gasteiger partial charge in [-0.25, -0.2) is 4.57 Å². The van der Waals surface area contributed by atoms with E-state index in [-0.39, 0.29) is 25.6 Å². The topological polar surface area (TPSA) is 108 Å². The van der Waals surface area contributed by atoms with Crippen LogP contribution < -0.4 is 0 Å². The van der Waals surface area contributed by atoms with Gasteiger partial charge in [0.1, 0.15) is 19.8 Å². The second-order valence-electron chi connectivity index (χ2n) is 29.2. The lowest BCUT2D eigenvalue weighted by atomic mass is 10.0. The lowest BCUT2D eigenvalue weighted by Crippen LogP contribution is -2.37. The molecule has 9 nitrogen and oxygen atoms in total. The fourth-order valence-corrected chi connectivity index (χ4v) is 13.3. The largest absolute Gasteiger partial charge is 0.472 e. The number of allylic oxidation sites excluding steroid dienone is 4. The molecule has 2 atom stereocenters. The lowest BCUT2D eigenvalue weighted by molar-refractivity contribution is -0.870. The van der Waals surface area contributed by atoms with E-state index >= 15 is 0 Å². The zero-order chi connectivity index (χ0) is 66.2. The number of hydrogen-bond acceptors (Lipinski definition) is 7. The predicted molar refractivity (Wildman–Crippen MR) is 395 cm³/mol. The molecule has 0 saturated heterocycles. The van der Waals surface area contributed by atoms with E-state index in [1.807, 2.05) is 21.1 Å². The Balaban J connectivity index is 3.86. The summed E-state index contributed by atoms with van der Waals surface area (Å²) in [5, 5.41) is 0. The van der Waals surface area contributed by atoms with Crippen molar-refractivity contribution < 1.29 is 42.1 Å². The Morgan fingerprint density at radius 2 is 0.593 bits per heavy atom. The van der Waals surface area contributed by atoms with Gasteiger partial charge in [-0.1, -0.05) is 398 Å². The van der Waals surface area contributed by atoms with Gasteiger partial charge < -0.3 is 18.9 Å². The Labute approximate surface area is 568 Å². The number of ether oxygens (including phenoxy) is 2. The van der Waals surface area contributed by atoms with E-state index < -0.39 is 26.5 Å². The van der Waals surface area contributed by atoms with E-state index in [0.717, 1.165) is 38.5 Å². The molecule has 0 aromatic rings. The Morgan fingerprint density at radius 1 is 0.341 bits per heavy atom. The third-order valence-electron chi connectivity index (χ3n) is 18.7. The first-order chi connectivity index (χ1) is 44.5. The van der Waals surface area contributed by atoms with Crippen LogP contribution >= 0.6 is 7.82 Å². The highest BCUT2D eigenvalue weighted by molar-refractivity contribution is 7.47. The molecule has 91 heavy (non-hydrogen) atoms. The summed E-state index contributed by atoms with van der Waals surface area (Å²) < 4.78 is 34.8. The number of nitrogens with zero attached hydrogens (tertiary/aromatic N) is 1. The van der Waals surface area contributed by atoms with Gasteiger partial charge in [0.25, 0.3) is 0 Å². The standard InChI is InChI=1S/C81H158NO8P/c1-6-8-10-12-14-16-18-20-22-24-26-28-30-32-34-35-36-37-38-39-40-41-42-43-44-45-46-48-49-51-53-55-57-59-61-63-65-67-69-71-73-80(83)87-77-79(78-89-91(85,86)88-76-75-82(3,4)5)90-81(84)74-72-70-68-66-64-62-60-58-56-54-52-50-47-33-31-29-27-25-23-21-19-17-15-13-11-9-7-2/h19,21,25,27,79H,6-18,20,22-24,26,28-78H2,1-5H3/p+1/b21-19-,27-25-. The highest BCUT2D eigenvalue weighted by Gasteiger charge is 2.27. The molecule has 1 N–H and O–H groups in total. The first-order valence-corrected chi connectivity index (χ1v) is 42.1. The Kier molecular flexibility index (Phi) is 71.5. The molecule has 0 saturated carbocycles. The van der Waals surface area contributed by atoms with E-state index in [4.69, 9.17) is 18.5 Å². The highest BCUT2D eigenvalue weighted by atomic mass is 31.2. The van der Waals surface area contributed by atoms with Gasteiger partial charge in [-0.15, -0.1) is 0 Å². The second kappa shape index (κ2) is 72.8. The minimum atomic E-state index is -4.39. The third-order valence-corrected chi connectivity index (χ3v) is 19.7. The number of phosphoric ester groups is 1. The lowest BCUT2D eigenvalue weighted by Gasteiger charge is -2.24. The van der Waals surface area contributed by atoms with Crippen molar-refractivity contribution in [2.45, 2.75) is 437 Å². The van der Waals surface area contributed by atoms with Crippen molar-refractivity contribution in [1.82, 2.24) is 0 Å². The average molecular weight is 1310 g/mol. The van der Waals surface area contributed by atoms with Crippen LogP contribution in [0.15, 0.2) is 24.3 Å². The van der Waals surface area contributed by atoms with Crippen LogP contribution in [0.1, 0.15) is 431 Å². The maximum absolute atomic E-state index is 12.9. The summed E-state index contributed by atoms with van der Waals surface area (Å²) in [5.41, 5.74) is 0. The molecule has 0 radical (unpaired) electrons. The number of rotatable bonds is 77. The van der Waals surface area contributed by atoms with Crippen molar-refractivity contribution in [1.29, 1.82) is 0 Å². The van der Waals surface area contributed by atoms with Crippen LogP contribution in [0.2, 0.25) is 0 Å². The SMILES string of the molecule is CCCCCCC/C=C\C/C=C\CCCCCCCCCCCCCCCCCC(=O)OC(COC(=O)CCCCCCCCCCCCCCCCCCCCCCCCCCCCCCCCCCCCCCCCCC)COP(=O)(O)OCC[N+](C)(C)C. The zero-order valence-electron chi connectivity index (χ0n) is 61.9. The van der Waals surface area contributed by atoms with Gasteiger partial charge in [0.15, 0.2) is 6.10 Å². The zero-order valence-corrected chi connectivity index (χ0v) is 62.8. The molecule has 540 valence electrons. The van der Waals surface area contributed by atoms with Gasteiger partial charge in [-0.05, 0) is 44.9 Å². The van der Waals surface area contributed by atoms with Crippen molar-refractivity contribution in [2.24, 2.45) is 0 Å². The van der Waals surface area contributed by atoms with Gasteiger partial charge >= 0.3 is 19.8 Å². The second-order valence-corrected chi connectivity index (χ2v) is 30.6. The number of hydrogen-bond donors (Lipinski definition) is 1.